The lowest BCUT2D eigenvalue weighted by Crippen LogP contribution is -2.18. The van der Waals surface area contributed by atoms with E-state index in [1.807, 2.05) is 36.4 Å². The summed E-state index contributed by atoms with van der Waals surface area (Å²) in [7, 11) is 3.36. The normalized spacial score (nSPS) is 12.0. The molecule has 0 radical (unpaired) electrons. The number of rotatable bonds is 7. The average Bonchev–Trinajstić information content (AvgIpc) is 3.08. The Kier molecular flexibility index (Phi) is 5.91. The third-order valence-electron chi connectivity index (χ3n) is 4.33. The molecule has 3 rings (SSSR count). The second-order valence-electron chi connectivity index (χ2n) is 6.12. The fourth-order valence-electron chi connectivity index (χ4n) is 2.89. The van der Waals surface area contributed by atoms with Gasteiger partial charge in [0.15, 0.2) is 0 Å². The molecule has 0 amide bonds. The summed E-state index contributed by atoms with van der Waals surface area (Å²) in [5.41, 5.74) is 3.31. The van der Waals surface area contributed by atoms with Crippen LogP contribution >= 0.6 is 11.3 Å². The maximum atomic E-state index is 5.46. The summed E-state index contributed by atoms with van der Waals surface area (Å²) in [5.74, 6) is 1.69. The molecule has 0 aliphatic heterocycles. The molecular weight excluding hydrogens is 344 g/mol. The highest BCUT2D eigenvalue weighted by molar-refractivity contribution is 7.15. The Labute approximate surface area is 158 Å². The SMILES string of the molecule is COc1ccc(OC)c(CNC(C)c2sc(-c3ccccc3)nc2C)c1. The first-order valence-electron chi connectivity index (χ1n) is 8.59. The van der Waals surface area contributed by atoms with Crippen LogP contribution in [0.4, 0.5) is 0 Å². The van der Waals surface area contributed by atoms with Gasteiger partial charge in [-0.2, -0.15) is 0 Å². The first-order valence-corrected chi connectivity index (χ1v) is 9.41. The highest BCUT2D eigenvalue weighted by Crippen LogP contribution is 2.32. The van der Waals surface area contributed by atoms with Gasteiger partial charge in [-0.3, -0.25) is 0 Å². The van der Waals surface area contributed by atoms with Crippen molar-refractivity contribution in [2.45, 2.75) is 26.4 Å². The zero-order valence-electron chi connectivity index (χ0n) is 15.6. The molecule has 2 aromatic carbocycles. The minimum absolute atomic E-state index is 0.195. The Morgan fingerprint density at radius 1 is 1.08 bits per heavy atom. The van der Waals surface area contributed by atoms with Crippen LogP contribution in [-0.4, -0.2) is 19.2 Å². The van der Waals surface area contributed by atoms with Gasteiger partial charge in [0, 0.05) is 28.6 Å². The van der Waals surface area contributed by atoms with Crippen LogP contribution in [0.2, 0.25) is 0 Å². The van der Waals surface area contributed by atoms with Crippen LogP contribution in [0, 0.1) is 6.92 Å². The molecule has 1 atom stereocenters. The van der Waals surface area contributed by atoms with E-state index in [-0.39, 0.29) is 6.04 Å². The number of methoxy groups -OCH3 is 2. The van der Waals surface area contributed by atoms with Crippen LogP contribution in [-0.2, 0) is 6.54 Å². The number of nitrogens with zero attached hydrogens (tertiary/aromatic N) is 1. The standard InChI is InChI=1S/C21H24N2O2S/c1-14(22-13-17-12-18(24-3)10-11-19(17)25-4)20-15(2)23-21(26-20)16-8-6-5-7-9-16/h5-12,14,22H,13H2,1-4H3. The molecule has 26 heavy (non-hydrogen) atoms. The van der Waals surface area contributed by atoms with Gasteiger partial charge in [0.2, 0.25) is 0 Å². The molecule has 0 aliphatic rings. The molecule has 5 heteroatoms. The van der Waals surface area contributed by atoms with Gasteiger partial charge in [-0.15, -0.1) is 11.3 Å². The van der Waals surface area contributed by atoms with Gasteiger partial charge in [-0.25, -0.2) is 4.98 Å². The second kappa shape index (κ2) is 8.34. The topological polar surface area (TPSA) is 43.4 Å². The minimum atomic E-state index is 0.195. The van der Waals surface area contributed by atoms with E-state index in [9.17, 15) is 0 Å². The van der Waals surface area contributed by atoms with Crippen molar-refractivity contribution in [1.82, 2.24) is 10.3 Å². The number of thiazole rings is 1. The Hall–Kier alpha value is -2.37. The summed E-state index contributed by atoms with van der Waals surface area (Å²) in [6.45, 7) is 4.93. The number of hydrogen-bond acceptors (Lipinski definition) is 5. The van der Waals surface area contributed by atoms with E-state index >= 15 is 0 Å². The van der Waals surface area contributed by atoms with Crippen molar-refractivity contribution in [1.29, 1.82) is 0 Å². The molecule has 3 aromatic rings. The molecule has 4 nitrogen and oxygen atoms in total. The zero-order chi connectivity index (χ0) is 18.5. The fourth-order valence-corrected chi connectivity index (χ4v) is 3.99. The van der Waals surface area contributed by atoms with Crippen molar-refractivity contribution >= 4 is 11.3 Å². The van der Waals surface area contributed by atoms with E-state index in [1.54, 1.807) is 25.6 Å². The summed E-state index contributed by atoms with van der Waals surface area (Å²) in [4.78, 5) is 6.01. The Morgan fingerprint density at radius 3 is 2.54 bits per heavy atom. The average molecular weight is 369 g/mol. The molecule has 136 valence electrons. The highest BCUT2D eigenvalue weighted by Gasteiger charge is 2.16. The van der Waals surface area contributed by atoms with Gasteiger partial charge in [-0.05, 0) is 32.0 Å². The summed E-state index contributed by atoms with van der Waals surface area (Å²) >= 11 is 1.74. The Bertz CT molecular complexity index is 862. The first kappa shape index (κ1) is 18.4. The summed E-state index contributed by atoms with van der Waals surface area (Å²) in [5, 5.41) is 4.64. The van der Waals surface area contributed by atoms with Gasteiger partial charge in [0.05, 0.1) is 19.9 Å². The first-order chi connectivity index (χ1) is 12.6. The number of benzene rings is 2. The third kappa shape index (κ3) is 4.06. The van der Waals surface area contributed by atoms with Gasteiger partial charge in [0.25, 0.3) is 0 Å². The van der Waals surface area contributed by atoms with Crippen molar-refractivity contribution in [2.75, 3.05) is 14.2 Å². The van der Waals surface area contributed by atoms with Crippen molar-refractivity contribution in [3.63, 3.8) is 0 Å². The Morgan fingerprint density at radius 2 is 1.85 bits per heavy atom. The van der Waals surface area contributed by atoms with Crippen molar-refractivity contribution < 1.29 is 9.47 Å². The van der Waals surface area contributed by atoms with E-state index in [2.05, 4.69) is 31.3 Å². The molecule has 1 N–H and O–H groups in total. The van der Waals surface area contributed by atoms with Gasteiger partial charge >= 0.3 is 0 Å². The number of aromatic nitrogens is 1. The van der Waals surface area contributed by atoms with E-state index < -0.39 is 0 Å². The van der Waals surface area contributed by atoms with Crippen LogP contribution in [0.15, 0.2) is 48.5 Å². The molecule has 0 saturated carbocycles. The largest absolute Gasteiger partial charge is 0.497 e. The smallest absolute Gasteiger partial charge is 0.123 e. The molecule has 1 unspecified atom stereocenters. The predicted molar refractivity (Wildman–Crippen MR) is 107 cm³/mol. The lowest BCUT2D eigenvalue weighted by atomic mass is 10.1. The molecule has 1 heterocycles. The van der Waals surface area contributed by atoms with Gasteiger partial charge < -0.3 is 14.8 Å². The molecule has 0 aliphatic carbocycles. The van der Waals surface area contributed by atoms with E-state index in [0.717, 1.165) is 33.3 Å². The molecular formula is C21H24N2O2S. The molecule has 0 bridgehead atoms. The number of aryl methyl sites for hydroxylation is 1. The number of hydrogen-bond donors (Lipinski definition) is 1. The van der Waals surface area contributed by atoms with Crippen molar-refractivity contribution in [3.8, 4) is 22.1 Å². The fraction of sp³-hybridized carbons (Fsp3) is 0.286. The molecule has 0 fully saturated rings. The maximum absolute atomic E-state index is 5.46. The summed E-state index contributed by atoms with van der Waals surface area (Å²) in [6.07, 6.45) is 0. The number of ether oxygens (including phenoxy) is 2. The quantitative estimate of drug-likeness (QED) is 0.638. The van der Waals surface area contributed by atoms with Crippen LogP contribution in [0.1, 0.15) is 29.1 Å². The predicted octanol–water partition coefficient (Wildman–Crippen LogP) is 4.99. The van der Waals surface area contributed by atoms with Crippen molar-refractivity contribution in [3.05, 3.63) is 64.7 Å². The maximum Gasteiger partial charge on any atom is 0.123 e. The minimum Gasteiger partial charge on any atom is -0.497 e. The van der Waals surface area contributed by atoms with Crippen LogP contribution < -0.4 is 14.8 Å². The van der Waals surface area contributed by atoms with Crippen molar-refractivity contribution in [2.24, 2.45) is 0 Å². The lowest BCUT2D eigenvalue weighted by molar-refractivity contribution is 0.396. The monoisotopic (exact) mass is 368 g/mol. The van der Waals surface area contributed by atoms with E-state index in [4.69, 9.17) is 14.5 Å². The molecule has 0 spiro atoms. The molecule has 1 aromatic heterocycles. The Balaban J connectivity index is 1.75. The van der Waals surface area contributed by atoms with E-state index in [0.29, 0.717) is 6.54 Å². The number of nitrogens with one attached hydrogen (secondary N) is 1. The van der Waals surface area contributed by atoms with Crippen LogP contribution in [0.3, 0.4) is 0 Å². The zero-order valence-corrected chi connectivity index (χ0v) is 16.4. The van der Waals surface area contributed by atoms with Crippen LogP contribution in [0.25, 0.3) is 10.6 Å². The summed E-state index contributed by atoms with van der Waals surface area (Å²) < 4.78 is 10.8. The van der Waals surface area contributed by atoms with Gasteiger partial charge in [0.1, 0.15) is 16.5 Å². The highest BCUT2D eigenvalue weighted by atomic mass is 32.1. The van der Waals surface area contributed by atoms with Crippen LogP contribution in [0.5, 0.6) is 11.5 Å². The van der Waals surface area contributed by atoms with Gasteiger partial charge in [-0.1, -0.05) is 30.3 Å². The molecule has 0 saturated heterocycles. The van der Waals surface area contributed by atoms with E-state index in [1.165, 1.54) is 4.88 Å². The third-order valence-corrected chi connectivity index (χ3v) is 5.72. The second-order valence-corrected chi connectivity index (χ2v) is 7.15. The lowest BCUT2D eigenvalue weighted by Gasteiger charge is -2.15. The summed E-state index contributed by atoms with van der Waals surface area (Å²) in [6, 6.07) is 16.4.